The zero-order valence-electron chi connectivity index (χ0n) is 15.1. The van der Waals surface area contributed by atoms with Crippen LogP contribution in [0.2, 0.25) is 0 Å². The van der Waals surface area contributed by atoms with Crippen molar-refractivity contribution in [1.82, 2.24) is 0 Å². The minimum Gasteiger partial charge on any atom is -0.394 e. The average Bonchev–Trinajstić information content (AvgIpc) is 2.59. The summed E-state index contributed by atoms with van der Waals surface area (Å²) in [7, 11) is 0. The van der Waals surface area contributed by atoms with Crippen LogP contribution in [0.3, 0.4) is 0 Å². The Kier molecular flexibility index (Phi) is 11.8. The minimum atomic E-state index is -1.18. The first-order chi connectivity index (χ1) is 11.6. The lowest BCUT2D eigenvalue weighted by Gasteiger charge is -2.40. The van der Waals surface area contributed by atoms with E-state index in [1.807, 2.05) is 0 Å². The number of nitrogens with two attached hydrogens (primary N) is 1. The number of rotatable bonds is 13. The van der Waals surface area contributed by atoms with E-state index in [4.69, 9.17) is 20.3 Å². The van der Waals surface area contributed by atoms with Crippen molar-refractivity contribution < 1.29 is 24.8 Å². The van der Waals surface area contributed by atoms with E-state index in [0.29, 0.717) is 6.61 Å². The Bertz CT molecular complexity index is 303. The molecule has 1 aliphatic heterocycles. The van der Waals surface area contributed by atoms with Crippen molar-refractivity contribution >= 4 is 0 Å². The third-order valence-corrected chi connectivity index (χ3v) is 4.71. The van der Waals surface area contributed by atoms with Crippen molar-refractivity contribution in [2.75, 3.05) is 13.2 Å². The van der Waals surface area contributed by atoms with Gasteiger partial charge in [0.25, 0.3) is 0 Å². The molecule has 1 rings (SSSR count). The maximum absolute atomic E-state index is 9.85. The Morgan fingerprint density at radius 3 is 1.96 bits per heavy atom. The zero-order chi connectivity index (χ0) is 17.8. The molecule has 1 aliphatic rings. The molecule has 6 nitrogen and oxygen atoms in total. The van der Waals surface area contributed by atoms with Crippen molar-refractivity contribution in [3.8, 4) is 0 Å². The van der Waals surface area contributed by atoms with Crippen LogP contribution in [0, 0.1) is 0 Å². The second-order valence-electron chi connectivity index (χ2n) is 6.84. The second kappa shape index (κ2) is 13.0. The average molecular weight is 347 g/mol. The van der Waals surface area contributed by atoms with Gasteiger partial charge >= 0.3 is 0 Å². The quantitative estimate of drug-likeness (QED) is 0.378. The Hall–Kier alpha value is -0.240. The highest BCUT2D eigenvalue weighted by atomic mass is 16.7. The van der Waals surface area contributed by atoms with Crippen LogP contribution in [0.5, 0.6) is 0 Å². The fraction of sp³-hybridized carbons (Fsp3) is 1.00. The molecular formula is C18H37NO5. The summed E-state index contributed by atoms with van der Waals surface area (Å²) < 4.78 is 11.0. The van der Waals surface area contributed by atoms with Gasteiger partial charge in [0.15, 0.2) is 6.29 Å². The topological polar surface area (TPSA) is 105 Å². The molecule has 0 aromatic heterocycles. The lowest BCUT2D eigenvalue weighted by Crippen LogP contribution is -2.62. The fourth-order valence-electron chi connectivity index (χ4n) is 3.04. The standard InChI is InChI=1S/C18H37NO5/c1-2-3-4-5-6-7-8-9-10-11-12-23-18-15(19)17(22)16(21)14(13-20)24-18/h14-18,20-22H,2-13,19H2,1H3/t14-,15-,16-,17-,18+/m1/s1. The normalized spacial score (nSPS) is 30.6. The molecule has 0 saturated carbocycles. The van der Waals surface area contributed by atoms with Crippen molar-refractivity contribution in [3.05, 3.63) is 0 Å². The van der Waals surface area contributed by atoms with Crippen LogP contribution < -0.4 is 5.73 Å². The van der Waals surface area contributed by atoms with Gasteiger partial charge in [0.05, 0.1) is 12.6 Å². The molecule has 24 heavy (non-hydrogen) atoms. The molecule has 0 aliphatic carbocycles. The van der Waals surface area contributed by atoms with E-state index in [-0.39, 0.29) is 6.61 Å². The predicted molar refractivity (Wildman–Crippen MR) is 93.5 cm³/mol. The monoisotopic (exact) mass is 347 g/mol. The van der Waals surface area contributed by atoms with Gasteiger partial charge in [0, 0.05) is 6.61 Å². The van der Waals surface area contributed by atoms with E-state index < -0.39 is 30.6 Å². The van der Waals surface area contributed by atoms with Gasteiger partial charge in [-0.25, -0.2) is 0 Å². The van der Waals surface area contributed by atoms with Gasteiger partial charge in [-0.3, -0.25) is 0 Å². The van der Waals surface area contributed by atoms with Crippen LogP contribution in [0.25, 0.3) is 0 Å². The number of hydrogen-bond donors (Lipinski definition) is 4. The number of aliphatic hydroxyl groups is 3. The van der Waals surface area contributed by atoms with E-state index in [9.17, 15) is 10.2 Å². The van der Waals surface area contributed by atoms with E-state index >= 15 is 0 Å². The molecule has 0 unspecified atom stereocenters. The van der Waals surface area contributed by atoms with Gasteiger partial charge in [-0.2, -0.15) is 0 Å². The number of ether oxygens (including phenoxy) is 2. The van der Waals surface area contributed by atoms with Crippen molar-refractivity contribution in [1.29, 1.82) is 0 Å². The summed E-state index contributed by atoms with van der Waals surface area (Å²) in [5, 5.41) is 28.7. The van der Waals surface area contributed by atoms with Crippen molar-refractivity contribution in [2.45, 2.75) is 102 Å². The van der Waals surface area contributed by atoms with E-state index in [2.05, 4.69) is 6.92 Å². The molecule has 0 spiro atoms. The summed E-state index contributed by atoms with van der Waals surface area (Å²) in [6.45, 7) is 2.37. The second-order valence-corrected chi connectivity index (χ2v) is 6.84. The zero-order valence-corrected chi connectivity index (χ0v) is 15.1. The van der Waals surface area contributed by atoms with Crippen LogP contribution in [0.15, 0.2) is 0 Å². The molecule has 5 N–H and O–H groups in total. The summed E-state index contributed by atoms with van der Waals surface area (Å²) in [6, 6.07) is -0.800. The highest BCUT2D eigenvalue weighted by Crippen LogP contribution is 2.21. The molecule has 1 fully saturated rings. The van der Waals surface area contributed by atoms with Gasteiger partial charge in [-0.15, -0.1) is 0 Å². The van der Waals surface area contributed by atoms with Crippen LogP contribution in [-0.4, -0.2) is 59.2 Å². The molecule has 6 heteroatoms. The van der Waals surface area contributed by atoms with Crippen LogP contribution >= 0.6 is 0 Å². The summed E-state index contributed by atoms with van der Waals surface area (Å²) in [6.07, 6.45) is 8.56. The minimum absolute atomic E-state index is 0.372. The van der Waals surface area contributed by atoms with Crippen LogP contribution in [0.4, 0.5) is 0 Å². The maximum atomic E-state index is 9.85. The smallest absolute Gasteiger partial charge is 0.175 e. The van der Waals surface area contributed by atoms with Gasteiger partial charge in [0.2, 0.25) is 0 Å². The molecule has 144 valence electrons. The first-order valence-electron chi connectivity index (χ1n) is 9.61. The van der Waals surface area contributed by atoms with Crippen molar-refractivity contribution in [2.24, 2.45) is 5.73 Å². The highest BCUT2D eigenvalue weighted by molar-refractivity contribution is 4.91. The molecule has 0 amide bonds. The summed E-state index contributed by atoms with van der Waals surface area (Å²) in [5.41, 5.74) is 5.82. The van der Waals surface area contributed by atoms with Gasteiger partial charge in [-0.1, -0.05) is 64.7 Å². The number of aliphatic hydroxyl groups excluding tert-OH is 3. The third kappa shape index (κ3) is 7.76. The SMILES string of the molecule is CCCCCCCCCCCCO[C@H]1O[C@H](CO)[C@@H](O)[C@H](O)[C@H]1N. The summed E-state index contributed by atoms with van der Waals surface area (Å²) in [4.78, 5) is 0. The van der Waals surface area contributed by atoms with Crippen LogP contribution in [-0.2, 0) is 9.47 Å². The third-order valence-electron chi connectivity index (χ3n) is 4.71. The predicted octanol–water partition coefficient (Wildman–Crippen LogP) is 1.69. The molecule has 0 radical (unpaired) electrons. The molecule has 1 heterocycles. The van der Waals surface area contributed by atoms with E-state index in [1.165, 1.54) is 51.4 Å². The fourth-order valence-corrected chi connectivity index (χ4v) is 3.04. The number of hydrogen-bond acceptors (Lipinski definition) is 6. The first-order valence-corrected chi connectivity index (χ1v) is 9.61. The maximum Gasteiger partial charge on any atom is 0.175 e. The molecule has 1 saturated heterocycles. The molecule has 0 aromatic carbocycles. The number of unbranched alkanes of at least 4 members (excludes halogenated alkanes) is 9. The van der Waals surface area contributed by atoms with Gasteiger partial charge in [-0.05, 0) is 6.42 Å². The highest BCUT2D eigenvalue weighted by Gasteiger charge is 2.42. The lowest BCUT2D eigenvalue weighted by atomic mass is 9.98. The van der Waals surface area contributed by atoms with E-state index in [0.717, 1.165) is 12.8 Å². The van der Waals surface area contributed by atoms with E-state index in [1.54, 1.807) is 0 Å². The van der Waals surface area contributed by atoms with Crippen molar-refractivity contribution in [3.63, 3.8) is 0 Å². The van der Waals surface area contributed by atoms with Gasteiger partial charge in [0.1, 0.15) is 18.3 Å². The Labute approximate surface area is 146 Å². The Morgan fingerprint density at radius 1 is 0.875 bits per heavy atom. The first kappa shape index (κ1) is 21.8. The molecular weight excluding hydrogens is 310 g/mol. The summed E-state index contributed by atoms with van der Waals surface area (Å²) >= 11 is 0. The molecule has 0 bridgehead atoms. The Morgan fingerprint density at radius 2 is 1.42 bits per heavy atom. The van der Waals surface area contributed by atoms with Crippen LogP contribution in [0.1, 0.15) is 71.1 Å². The summed E-state index contributed by atoms with van der Waals surface area (Å²) in [5.74, 6) is 0. The molecule has 5 atom stereocenters. The lowest BCUT2D eigenvalue weighted by molar-refractivity contribution is -0.265. The Balaban J connectivity index is 2.02. The largest absolute Gasteiger partial charge is 0.394 e. The van der Waals surface area contributed by atoms with Gasteiger partial charge < -0.3 is 30.5 Å². The molecule has 0 aromatic rings.